The number of aliphatic imine (C=N–C) groups is 1. The van der Waals surface area contributed by atoms with Gasteiger partial charge in [0.1, 0.15) is 0 Å². The Morgan fingerprint density at radius 1 is 1.28 bits per heavy atom. The van der Waals surface area contributed by atoms with Crippen molar-refractivity contribution in [2.24, 2.45) is 16.6 Å². The summed E-state index contributed by atoms with van der Waals surface area (Å²) >= 11 is 3.77. The molecule has 5 N–H and O–H groups in total. The van der Waals surface area contributed by atoms with Crippen LogP contribution in [0, 0.1) is 5.92 Å². The molecule has 0 amide bonds. The van der Waals surface area contributed by atoms with Crippen LogP contribution < -0.4 is 21.9 Å². The monoisotopic (exact) mass is 407 g/mol. The molecular weight excluding hydrogens is 382 g/mol. The summed E-state index contributed by atoms with van der Waals surface area (Å²) in [4.78, 5) is 5.06. The molecule has 25 heavy (non-hydrogen) atoms. The lowest BCUT2D eigenvalue weighted by Gasteiger charge is -2.30. The van der Waals surface area contributed by atoms with Crippen molar-refractivity contribution in [1.82, 2.24) is 26.2 Å². The molecule has 0 unspecified atom stereocenters. The summed E-state index contributed by atoms with van der Waals surface area (Å²) in [5.41, 5.74) is 17.6. The number of fused-ring (bicyclic) bond motifs is 1. The first-order valence-corrected chi connectivity index (χ1v) is 9.78. The Morgan fingerprint density at radius 3 is 2.76 bits per heavy atom. The average Bonchev–Trinajstić information content (AvgIpc) is 3.22. The summed E-state index contributed by atoms with van der Waals surface area (Å²) in [6.45, 7) is 4.31. The molecule has 4 rings (SSSR count). The van der Waals surface area contributed by atoms with Gasteiger partial charge in [-0.2, -0.15) is 0 Å². The third kappa shape index (κ3) is 3.29. The largest absolute Gasteiger partial charge is 0.325 e. The average molecular weight is 408 g/mol. The third-order valence-electron chi connectivity index (χ3n) is 5.30. The van der Waals surface area contributed by atoms with Gasteiger partial charge in [0.05, 0.1) is 15.9 Å². The van der Waals surface area contributed by atoms with Crippen LogP contribution in [0.15, 0.2) is 38.3 Å². The standard InChI is InChI=1S/C17H26BrN7/c1-24-10-12(8-21-24)13-9-22-25-15(7-19)16(18)14(23-17(13)25)6-11-2-4-20-5-3-11/h10-11,20-22H,2-9,19H2,1H3. The Labute approximate surface area is 157 Å². The van der Waals surface area contributed by atoms with Crippen LogP contribution >= 0.6 is 15.9 Å². The maximum Gasteiger partial charge on any atom is 0.152 e. The maximum absolute atomic E-state index is 6.07. The molecule has 0 aliphatic carbocycles. The molecule has 0 aromatic heterocycles. The lowest BCUT2D eigenvalue weighted by molar-refractivity contribution is 0.341. The normalized spacial score (nSPS) is 24.9. The van der Waals surface area contributed by atoms with Gasteiger partial charge in [-0.15, -0.1) is 0 Å². The highest BCUT2D eigenvalue weighted by molar-refractivity contribution is 9.12. The van der Waals surface area contributed by atoms with Crippen molar-refractivity contribution < 1.29 is 0 Å². The lowest BCUT2D eigenvalue weighted by atomic mass is 9.91. The second-order valence-corrected chi connectivity index (χ2v) is 7.79. The van der Waals surface area contributed by atoms with E-state index in [4.69, 9.17) is 10.7 Å². The smallest absolute Gasteiger partial charge is 0.152 e. The van der Waals surface area contributed by atoms with Crippen molar-refractivity contribution in [3.05, 3.63) is 33.3 Å². The van der Waals surface area contributed by atoms with Gasteiger partial charge in [0.15, 0.2) is 5.82 Å². The Hall–Kier alpha value is -1.19. The number of halogens is 1. The SMILES string of the molecule is CN1C=C(C2=C3N=C(CC4CCNCC4)C(Br)=C(CN)N3NC2)CN1. The van der Waals surface area contributed by atoms with Gasteiger partial charge in [-0.1, -0.05) is 0 Å². The highest BCUT2D eigenvalue weighted by Gasteiger charge is 2.34. The molecule has 0 atom stereocenters. The number of allylic oxidation sites excluding steroid dienone is 1. The number of hydrogen-bond acceptors (Lipinski definition) is 7. The minimum Gasteiger partial charge on any atom is -0.325 e. The van der Waals surface area contributed by atoms with Gasteiger partial charge in [0.2, 0.25) is 0 Å². The zero-order chi connectivity index (χ0) is 17.4. The highest BCUT2D eigenvalue weighted by atomic mass is 79.9. The van der Waals surface area contributed by atoms with Gasteiger partial charge in [-0.05, 0) is 59.8 Å². The highest BCUT2D eigenvalue weighted by Crippen LogP contribution is 2.35. The van der Waals surface area contributed by atoms with Crippen LogP contribution in [0.1, 0.15) is 19.3 Å². The van der Waals surface area contributed by atoms with Crippen molar-refractivity contribution in [2.75, 3.05) is 39.8 Å². The third-order valence-corrected chi connectivity index (χ3v) is 6.22. The van der Waals surface area contributed by atoms with Gasteiger partial charge < -0.3 is 16.1 Å². The summed E-state index contributed by atoms with van der Waals surface area (Å²) in [6, 6.07) is 0. The minimum atomic E-state index is 0.479. The molecule has 8 heteroatoms. The molecule has 136 valence electrons. The van der Waals surface area contributed by atoms with E-state index in [1.54, 1.807) is 0 Å². The first-order chi connectivity index (χ1) is 12.2. The second kappa shape index (κ2) is 7.20. The molecule has 7 nitrogen and oxygen atoms in total. The van der Waals surface area contributed by atoms with Crippen LogP contribution in [0.25, 0.3) is 0 Å². The van der Waals surface area contributed by atoms with Crippen molar-refractivity contribution in [3.8, 4) is 0 Å². The molecule has 4 aliphatic heterocycles. The fourth-order valence-electron chi connectivity index (χ4n) is 3.88. The first kappa shape index (κ1) is 17.2. The van der Waals surface area contributed by atoms with E-state index in [2.05, 4.69) is 43.3 Å². The number of hydrazine groups is 2. The molecular formula is C17H26BrN7. The topological polar surface area (TPSA) is 81.0 Å². The van der Waals surface area contributed by atoms with Gasteiger partial charge >= 0.3 is 0 Å². The number of nitrogens with zero attached hydrogens (tertiary/aromatic N) is 3. The van der Waals surface area contributed by atoms with E-state index in [0.29, 0.717) is 12.5 Å². The van der Waals surface area contributed by atoms with E-state index in [9.17, 15) is 0 Å². The summed E-state index contributed by atoms with van der Waals surface area (Å²) in [5, 5.41) is 7.50. The van der Waals surface area contributed by atoms with Gasteiger partial charge in [-0.25, -0.2) is 15.8 Å². The number of nitrogens with one attached hydrogen (secondary N) is 3. The van der Waals surface area contributed by atoms with Crippen LogP contribution in [-0.4, -0.2) is 55.5 Å². The number of rotatable bonds is 4. The van der Waals surface area contributed by atoms with E-state index >= 15 is 0 Å². The Bertz CT molecular complexity index is 672. The van der Waals surface area contributed by atoms with Crippen LogP contribution in [0.4, 0.5) is 0 Å². The van der Waals surface area contributed by atoms with Crippen molar-refractivity contribution in [2.45, 2.75) is 19.3 Å². The van der Waals surface area contributed by atoms with Crippen LogP contribution in [0.3, 0.4) is 0 Å². The van der Waals surface area contributed by atoms with E-state index in [-0.39, 0.29) is 0 Å². The van der Waals surface area contributed by atoms with Crippen molar-refractivity contribution in [3.63, 3.8) is 0 Å². The second-order valence-electron chi connectivity index (χ2n) is 6.99. The fourth-order valence-corrected chi connectivity index (χ4v) is 4.47. The maximum atomic E-state index is 6.07. The van der Waals surface area contributed by atoms with Gasteiger partial charge in [0, 0.05) is 38.5 Å². The van der Waals surface area contributed by atoms with E-state index in [0.717, 1.165) is 54.3 Å². The summed E-state index contributed by atoms with van der Waals surface area (Å²) in [7, 11) is 2.02. The van der Waals surface area contributed by atoms with E-state index in [1.165, 1.54) is 24.0 Å². The molecule has 1 fully saturated rings. The van der Waals surface area contributed by atoms with E-state index < -0.39 is 0 Å². The summed E-state index contributed by atoms with van der Waals surface area (Å²) in [5.74, 6) is 1.70. The Morgan fingerprint density at radius 2 is 2.08 bits per heavy atom. The fraction of sp³-hybridized carbons (Fsp3) is 0.588. The number of hydrogen-bond donors (Lipinski definition) is 4. The molecule has 0 aromatic rings. The van der Waals surface area contributed by atoms with Crippen molar-refractivity contribution >= 4 is 21.6 Å². The molecule has 1 saturated heterocycles. The summed E-state index contributed by atoms with van der Waals surface area (Å²) in [6.07, 6.45) is 5.58. The van der Waals surface area contributed by atoms with Crippen LogP contribution in [0.5, 0.6) is 0 Å². The first-order valence-electron chi connectivity index (χ1n) is 8.99. The molecule has 4 heterocycles. The molecule has 0 spiro atoms. The van der Waals surface area contributed by atoms with Crippen molar-refractivity contribution in [1.29, 1.82) is 0 Å². The quantitative estimate of drug-likeness (QED) is 0.550. The number of piperidine rings is 1. The minimum absolute atomic E-state index is 0.479. The summed E-state index contributed by atoms with van der Waals surface area (Å²) < 4.78 is 1.06. The van der Waals surface area contributed by atoms with Crippen LogP contribution in [-0.2, 0) is 0 Å². The Kier molecular flexibility index (Phi) is 4.97. The molecule has 4 aliphatic rings. The Balaban J connectivity index is 1.67. The zero-order valence-electron chi connectivity index (χ0n) is 14.6. The molecule has 0 saturated carbocycles. The van der Waals surface area contributed by atoms with Gasteiger partial charge in [0.25, 0.3) is 0 Å². The molecule has 0 bridgehead atoms. The zero-order valence-corrected chi connectivity index (χ0v) is 16.2. The molecule has 0 radical (unpaired) electrons. The predicted octanol–water partition coefficient (Wildman–Crippen LogP) is 0.762. The predicted molar refractivity (Wildman–Crippen MR) is 103 cm³/mol. The van der Waals surface area contributed by atoms with Gasteiger partial charge in [-0.3, -0.25) is 5.01 Å². The van der Waals surface area contributed by atoms with E-state index in [1.807, 2.05) is 12.1 Å². The molecule has 0 aromatic carbocycles. The number of nitrogens with two attached hydrogens (primary N) is 1. The van der Waals surface area contributed by atoms with Crippen LogP contribution in [0.2, 0.25) is 0 Å². The lowest BCUT2D eigenvalue weighted by Crippen LogP contribution is -2.38.